The van der Waals surface area contributed by atoms with E-state index in [4.69, 9.17) is 16.3 Å². The van der Waals surface area contributed by atoms with Crippen LogP contribution in [0, 0.1) is 12.8 Å². The highest BCUT2D eigenvalue weighted by Gasteiger charge is 2.29. The van der Waals surface area contributed by atoms with Crippen LogP contribution >= 0.6 is 11.6 Å². The second-order valence-corrected chi connectivity index (χ2v) is 12.1. The lowest BCUT2D eigenvalue weighted by Gasteiger charge is -2.31. The monoisotopic (exact) mass is 565 g/mol. The van der Waals surface area contributed by atoms with Gasteiger partial charge in [0.1, 0.15) is 11.8 Å². The first kappa shape index (κ1) is 31.4. The summed E-state index contributed by atoms with van der Waals surface area (Å²) < 4.78 is 31.7. The number of anilines is 1. The van der Waals surface area contributed by atoms with E-state index in [0.29, 0.717) is 35.0 Å². The second-order valence-electron chi connectivity index (χ2n) is 9.76. The molecule has 0 fully saturated rings. The summed E-state index contributed by atoms with van der Waals surface area (Å²) in [5.41, 5.74) is 2.00. The minimum Gasteiger partial charge on any atom is -0.497 e. The summed E-state index contributed by atoms with van der Waals surface area (Å²) in [7, 11) is -2.02. The van der Waals surface area contributed by atoms with E-state index in [1.807, 2.05) is 45.0 Å². The Balaban J connectivity index is 2.25. The molecule has 2 aromatic carbocycles. The van der Waals surface area contributed by atoms with Crippen LogP contribution in [0.3, 0.4) is 0 Å². The Morgan fingerprint density at radius 3 is 2.32 bits per heavy atom. The van der Waals surface area contributed by atoms with Crippen molar-refractivity contribution in [1.29, 1.82) is 0 Å². The number of nitrogens with zero attached hydrogens (tertiary/aromatic N) is 2. The molecule has 0 heterocycles. The van der Waals surface area contributed by atoms with Crippen molar-refractivity contribution in [1.82, 2.24) is 10.2 Å². The predicted octanol–water partition coefficient (Wildman–Crippen LogP) is 4.78. The van der Waals surface area contributed by atoms with Gasteiger partial charge in [-0.05, 0) is 61.1 Å². The molecule has 0 unspecified atom stereocenters. The van der Waals surface area contributed by atoms with Crippen molar-refractivity contribution in [2.24, 2.45) is 5.92 Å². The van der Waals surface area contributed by atoms with Gasteiger partial charge in [-0.2, -0.15) is 0 Å². The van der Waals surface area contributed by atoms with Crippen LogP contribution in [0.4, 0.5) is 5.69 Å². The Bertz CT molecular complexity index is 1190. The number of benzene rings is 2. The summed E-state index contributed by atoms with van der Waals surface area (Å²) in [6.07, 6.45) is 1.94. The Morgan fingerprint density at radius 1 is 1.11 bits per heavy atom. The molecule has 0 aromatic heterocycles. The zero-order valence-corrected chi connectivity index (χ0v) is 24.7. The first-order chi connectivity index (χ1) is 17.9. The summed E-state index contributed by atoms with van der Waals surface area (Å²) in [5, 5.41) is 3.42. The van der Waals surface area contributed by atoms with Crippen LogP contribution in [-0.2, 0) is 26.2 Å². The number of amides is 2. The van der Waals surface area contributed by atoms with E-state index < -0.39 is 16.1 Å². The molecular formula is C28H40ClN3O5S. The molecule has 0 radical (unpaired) electrons. The van der Waals surface area contributed by atoms with Crippen molar-refractivity contribution >= 4 is 39.1 Å². The molecule has 8 nitrogen and oxygen atoms in total. The number of sulfonamides is 1. The summed E-state index contributed by atoms with van der Waals surface area (Å²) in [4.78, 5) is 28.2. The minimum absolute atomic E-state index is 0.0791. The summed E-state index contributed by atoms with van der Waals surface area (Å²) in [6, 6.07) is 11.8. The summed E-state index contributed by atoms with van der Waals surface area (Å²) in [6.45, 7) is 8.54. The zero-order chi connectivity index (χ0) is 28.5. The first-order valence-corrected chi connectivity index (χ1v) is 15.0. The highest BCUT2D eigenvalue weighted by Crippen LogP contribution is 2.28. The minimum atomic E-state index is -3.61. The molecule has 0 aliphatic carbocycles. The smallest absolute Gasteiger partial charge is 0.242 e. The molecule has 0 aliphatic heterocycles. The maximum Gasteiger partial charge on any atom is 0.242 e. The van der Waals surface area contributed by atoms with Crippen molar-refractivity contribution in [3.05, 3.63) is 58.6 Å². The Labute approximate surface area is 232 Å². The molecule has 2 aromatic rings. The van der Waals surface area contributed by atoms with E-state index in [0.717, 1.165) is 11.8 Å². The molecule has 2 rings (SSSR count). The number of hydrogen-bond acceptors (Lipinski definition) is 5. The molecule has 1 N–H and O–H groups in total. The number of carbonyl (C=O) groups is 2. The molecule has 0 saturated heterocycles. The zero-order valence-electron chi connectivity index (χ0n) is 23.2. The number of carbonyl (C=O) groups excluding carboxylic acids is 2. The van der Waals surface area contributed by atoms with E-state index in [1.54, 1.807) is 37.1 Å². The van der Waals surface area contributed by atoms with Gasteiger partial charge in [0.05, 0.1) is 19.1 Å². The van der Waals surface area contributed by atoms with E-state index >= 15 is 0 Å². The summed E-state index contributed by atoms with van der Waals surface area (Å²) >= 11 is 6.23. The van der Waals surface area contributed by atoms with Gasteiger partial charge in [0.15, 0.2) is 0 Å². The lowest BCUT2D eigenvalue weighted by Crippen LogP contribution is -2.49. The standard InChI is InChI=1S/C28H40ClN3O5S/c1-7-25(28(34)30-18-20(2)3)31(19-22-13-15-23(37-5)16-14-22)27(33)12-9-17-32(38(6,35)36)26-11-8-10-24(29)21(26)4/h8,10-11,13-16,20,25H,7,9,12,17-19H2,1-6H3,(H,30,34)/t25-/m1/s1. The van der Waals surface area contributed by atoms with Crippen LogP contribution in [0.5, 0.6) is 5.75 Å². The molecular weight excluding hydrogens is 526 g/mol. The van der Waals surface area contributed by atoms with Crippen LogP contribution in [0.15, 0.2) is 42.5 Å². The lowest BCUT2D eigenvalue weighted by molar-refractivity contribution is -0.141. The van der Waals surface area contributed by atoms with Crippen molar-refractivity contribution in [2.75, 3.05) is 30.8 Å². The van der Waals surface area contributed by atoms with Crippen molar-refractivity contribution < 1.29 is 22.7 Å². The van der Waals surface area contributed by atoms with Gasteiger partial charge in [-0.3, -0.25) is 13.9 Å². The SMILES string of the molecule is CC[C@H](C(=O)NCC(C)C)N(Cc1ccc(OC)cc1)C(=O)CCCN(c1cccc(Cl)c1C)S(C)(=O)=O. The molecule has 0 bridgehead atoms. The fourth-order valence-electron chi connectivity index (χ4n) is 4.12. The van der Waals surface area contributed by atoms with Gasteiger partial charge in [-0.15, -0.1) is 0 Å². The average molecular weight is 566 g/mol. The fourth-order valence-corrected chi connectivity index (χ4v) is 5.30. The number of nitrogens with one attached hydrogen (secondary N) is 1. The van der Waals surface area contributed by atoms with Crippen molar-refractivity contribution in [2.45, 2.75) is 59.5 Å². The molecule has 38 heavy (non-hydrogen) atoms. The van der Waals surface area contributed by atoms with Crippen LogP contribution < -0.4 is 14.4 Å². The number of rotatable bonds is 14. The quantitative estimate of drug-likeness (QED) is 0.355. The third kappa shape index (κ3) is 8.91. The fraction of sp³-hybridized carbons (Fsp3) is 0.500. The average Bonchev–Trinajstić information content (AvgIpc) is 2.86. The van der Waals surface area contributed by atoms with Gasteiger partial charge in [-0.25, -0.2) is 8.42 Å². The van der Waals surface area contributed by atoms with Crippen molar-refractivity contribution in [3.63, 3.8) is 0 Å². The Kier molecular flexibility index (Phi) is 11.9. The molecule has 0 spiro atoms. The maximum atomic E-state index is 13.5. The summed E-state index contributed by atoms with van der Waals surface area (Å²) in [5.74, 6) is 0.559. The van der Waals surface area contributed by atoms with E-state index in [2.05, 4.69) is 5.32 Å². The molecule has 210 valence electrons. The largest absolute Gasteiger partial charge is 0.497 e. The third-order valence-corrected chi connectivity index (χ3v) is 7.83. The predicted molar refractivity (Wildman–Crippen MR) is 153 cm³/mol. The highest BCUT2D eigenvalue weighted by molar-refractivity contribution is 7.92. The Morgan fingerprint density at radius 2 is 1.76 bits per heavy atom. The van der Waals surface area contributed by atoms with Crippen LogP contribution in [0.2, 0.25) is 5.02 Å². The number of halogens is 1. The normalized spacial score (nSPS) is 12.2. The van der Waals surface area contributed by atoms with Crippen LogP contribution in [-0.4, -0.2) is 57.6 Å². The highest BCUT2D eigenvalue weighted by atomic mass is 35.5. The topological polar surface area (TPSA) is 96.0 Å². The molecule has 1 atom stereocenters. The maximum absolute atomic E-state index is 13.5. The van der Waals surface area contributed by atoms with E-state index in [-0.39, 0.29) is 43.7 Å². The number of hydrogen-bond donors (Lipinski definition) is 1. The lowest BCUT2D eigenvalue weighted by atomic mass is 10.1. The van der Waals surface area contributed by atoms with Gasteiger partial charge < -0.3 is 15.0 Å². The first-order valence-electron chi connectivity index (χ1n) is 12.8. The number of methoxy groups -OCH3 is 1. The van der Waals surface area contributed by atoms with E-state index in [9.17, 15) is 18.0 Å². The van der Waals surface area contributed by atoms with Crippen LogP contribution in [0.25, 0.3) is 0 Å². The second kappa shape index (κ2) is 14.4. The van der Waals surface area contributed by atoms with Gasteiger partial charge in [0.2, 0.25) is 21.8 Å². The molecule has 0 aliphatic rings. The van der Waals surface area contributed by atoms with Gasteiger partial charge in [0, 0.05) is 31.1 Å². The van der Waals surface area contributed by atoms with Crippen molar-refractivity contribution in [3.8, 4) is 5.75 Å². The van der Waals surface area contributed by atoms with Gasteiger partial charge in [0.25, 0.3) is 0 Å². The van der Waals surface area contributed by atoms with Crippen LogP contribution in [0.1, 0.15) is 51.2 Å². The Hall–Kier alpha value is -2.78. The number of ether oxygens (including phenoxy) is 1. The molecule has 0 saturated carbocycles. The molecule has 10 heteroatoms. The van der Waals surface area contributed by atoms with Gasteiger partial charge >= 0.3 is 0 Å². The van der Waals surface area contributed by atoms with E-state index in [1.165, 1.54) is 4.31 Å². The molecule has 2 amide bonds. The van der Waals surface area contributed by atoms with Gasteiger partial charge in [-0.1, -0.05) is 50.6 Å². The third-order valence-electron chi connectivity index (χ3n) is 6.24.